The lowest BCUT2D eigenvalue weighted by molar-refractivity contribution is -0.134. The molecule has 2 aliphatic heterocycles. The molecule has 6 nitrogen and oxygen atoms in total. The summed E-state index contributed by atoms with van der Waals surface area (Å²) in [5.41, 5.74) is 0. The average molecular weight is 340 g/mol. The second-order valence-corrected chi connectivity index (χ2v) is 8.03. The number of carbonyl (C=O) groups excluding carboxylic acids is 1. The van der Waals surface area contributed by atoms with Gasteiger partial charge in [0.25, 0.3) is 0 Å². The number of sulfone groups is 1. The maximum absolute atomic E-state index is 12.4. The van der Waals surface area contributed by atoms with Crippen LogP contribution in [0, 0.1) is 0 Å². The van der Waals surface area contributed by atoms with Gasteiger partial charge in [0.15, 0.2) is 9.84 Å². The predicted octanol–water partition coefficient (Wildman–Crippen LogP) is -0.262. The number of amides is 1. The summed E-state index contributed by atoms with van der Waals surface area (Å²) in [5.74, 6) is 0.384. The maximum atomic E-state index is 12.4. The molecule has 2 saturated heterocycles. The van der Waals surface area contributed by atoms with Crippen LogP contribution in [0.5, 0.6) is 0 Å². The minimum absolute atomic E-state index is 0. The average Bonchev–Trinajstić information content (AvgIpc) is 2.99. The fourth-order valence-corrected chi connectivity index (χ4v) is 4.84. The summed E-state index contributed by atoms with van der Waals surface area (Å²) in [4.78, 5) is 16.2. The SMILES string of the molecule is CCN(C(=O)CN(C)C1CCNC1)C1CCS(=O)(=O)C1.Cl. The Morgan fingerprint density at radius 2 is 2.00 bits per heavy atom. The number of hydrogen-bond donors (Lipinski definition) is 1. The molecule has 1 N–H and O–H groups in total. The third kappa shape index (κ3) is 4.81. The van der Waals surface area contributed by atoms with Crippen LogP contribution in [-0.4, -0.2) is 80.9 Å². The number of nitrogens with zero attached hydrogens (tertiary/aromatic N) is 2. The highest BCUT2D eigenvalue weighted by molar-refractivity contribution is 7.91. The molecule has 0 aromatic rings. The molecule has 2 unspecified atom stereocenters. The summed E-state index contributed by atoms with van der Waals surface area (Å²) >= 11 is 0. The van der Waals surface area contributed by atoms with Crippen molar-refractivity contribution in [3.63, 3.8) is 0 Å². The number of carbonyl (C=O) groups is 1. The summed E-state index contributed by atoms with van der Waals surface area (Å²) in [7, 11) is -0.979. The molecule has 0 aromatic heterocycles. The van der Waals surface area contributed by atoms with E-state index in [0.29, 0.717) is 25.6 Å². The molecule has 0 spiro atoms. The van der Waals surface area contributed by atoms with E-state index in [0.717, 1.165) is 19.5 Å². The molecule has 2 rings (SSSR count). The normalized spacial score (nSPS) is 27.6. The largest absolute Gasteiger partial charge is 0.338 e. The monoisotopic (exact) mass is 339 g/mol. The Balaban J connectivity index is 0.00000220. The van der Waals surface area contributed by atoms with Gasteiger partial charge in [0.1, 0.15) is 0 Å². The fourth-order valence-electron chi connectivity index (χ4n) is 3.11. The van der Waals surface area contributed by atoms with Crippen LogP contribution >= 0.6 is 12.4 Å². The van der Waals surface area contributed by atoms with Crippen LogP contribution in [0.1, 0.15) is 19.8 Å². The van der Waals surface area contributed by atoms with Crippen molar-refractivity contribution in [1.82, 2.24) is 15.1 Å². The lowest BCUT2D eigenvalue weighted by atomic mass is 10.2. The molecule has 1 amide bonds. The molecule has 2 atom stereocenters. The molecule has 124 valence electrons. The number of rotatable bonds is 5. The van der Waals surface area contributed by atoms with E-state index in [1.54, 1.807) is 4.90 Å². The highest BCUT2D eigenvalue weighted by Gasteiger charge is 2.34. The summed E-state index contributed by atoms with van der Waals surface area (Å²) in [6, 6.07) is 0.276. The van der Waals surface area contributed by atoms with Crippen molar-refractivity contribution in [2.45, 2.75) is 31.8 Å². The molecule has 2 fully saturated rings. The summed E-state index contributed by atoms with van der Waals surface area (Å²) in [5, 5.41) is 3.29. The topological polar surface area (TPSA) is 69.7 Å². The van der Waals surface area contributed by atoms with Crippen LogP contribution in [0.15, 0.2) is 0 Å². The zero-order valence-corrected chi connectivity index (χ0v) is 14.4. The molecule has 21 heavy (non-hydrogen) atoms. The standard InChI is InChI=1S/C13H25N3O3S.ClH/c1-3-16(12-5-7-20(18,19)10-12)13(17)9-15(2)11-4-6-14-8-11;/h11-12,14H,3-10H2,1-2H3;1H. The molecule has 8 heteroatoms. The molecular formula is C13H26ClN3O3S. The second-order valence-electron chi connectivity index (χ2n) is 5.80. The Labute approximate surface area is 133 Å². The Kier molecular flexibility index (Phi) is 6.90. The van der Waals surface area contributed by atoms with Gasteiger partial charge in [-0.3, -0.25) is 9.69 Å². The summed E-state index contributed by atoms with van der Waals surface area (Å²) in [6.45, 7) is 4.79. The van der Waals surface area contributed by atoms with Crippen LogP contribution in [0.3, 0.4) is 0 Å². The van der Waals surface area contributed by atoms with Crippen molar-refractivity contribution in [1.29, 1.82) is 0 Å². The van der Waals surface area contributed by atoms with Crippen LogP contribution in [0.25, 0.3) is 0 Å². The first-order chi connectivity index (χ1) is 9.43. The fraction of sp³-hybridized carbons (Fsp3) is 0.923. The van der Waals surface area contributed by atoms with Crippen molar-refractivity contribution in [3.05, 3.63) is 0 Å². The van der Waals surface area contributed by atoms with Crippen LogP contribution < -0.4 is 5.32 Å². The zero-order chi connectivity index (χ0) is 14.8. The first kappa shape index (κ1) is 18.7. The summed E-state index contributed by atoms with van der Waals surface area (Å²) in [6.07, 6.45) is 1.64. The van der Waals surface area contributed by atoms with Gasteiger partial charge in [-0.1, -0.05) is 0 Å². The van der Waals surface area contributed by atoms with Gasteiger partial charge in [0.05, 0.1) is 18.1 Å². The van der Waals surface area contributed by atoms with E-state index in [9.17, 15) is 13.2 Å². The van der Waals surface area contributed by atoms with Crippen molar-refractivity contribution < 1.29 is 13.2 Å². The van der Waals surface area contributed by atoms with Gasteiger partial charge in [-0.05, 0) is 33.4 Å². The van der Waals surface area contributed by atoms with Crippen LogP contribution in [0.2, 0.25) is 0 Å². The van der Waals surface area contributed by atoms with E-state index in [1.807, 2.05) is 14.0 Å². The van der Waals surface area contributed by atoms with Crippen molar-refractivity contribution in [2.75, 3.05) is 44.7 Å². The smallest absolute Gasteiger partial charge is 0.237 e. The molecule has 0 aromatic carbocycles. The van der Waals surface area contributed by atoms with Gasteiger partial charge in [-0.25, -0.2) is 8.42 Å². The van der Waals surface area contributed by atoms with Gasteiger partial charge in [-0.2, -0.15) is 0 Å². The first-order valence-electron chi connectivity index (χ1n) is 7.34. The Morgan fingerprint density at radius 3 is 2.48 bits per heavy atom. The number of halogens is 1. The quantitative estimate of drug-likeness (QED) is 0.747. The Hall–Kier alpha value is -0.370. The molecule has 2 heterocycles. The van der Waals surface area contributed by atoms with E-state index in [4.69, 9.17) is 0 Å². The lowest BCUT2D eigenvalue weighted by Gasteiger charge is -2.30. The van der Waals surface area contributed by atoms with Crippen LogP contribution in [0.4, 0.5) is 0 Å². The zero-order valence-electron chi connectivity index (χ0n) is 12.7. The van der Waals surface area contributed by atoms with Gasteiger partial charge in [0, 0.05) is 25.2 Å². The Morgan fingerprint density at radius 1 is 1.29 bits per heavy atom. The minimum Gasteiger partial charge on any atom is -0.338 e. The van der Waals surface area contributed by atoms with E-state index in [1.165, 1.54) is 0 Å². The Bertz CT molecular complexity index is 452. The maximum Gasteiger partial charge on any atom is 0.237 e. The molecular weight excluding hydrogens is 314 g/mol. The number of hydrogen-bond acceptors (Lipinski definition) is 5. The summed E-state index contributed by atoms with van der Waals surface area (Å²) < 4.78 is 23.1. The third-order valence-electron chi connectivity index (χ3n) is 4.35. The van der Waals surface area contributed by atoms with E-state index < -0.39 is 9.84 Å². The van der Waals surface area contributed by atoms with E-state index >= 15 is 0 Å². The highest BCUT2D eigenvalue weighted by Crippen LogP contribution is 2.18. The molecule has 0 bridgehead atoms. The number of nitrogens with one attached hydrogen (secondary N) is 1. The van der Waals surface area contributed by atoms with E-state index in [-0.39, 0.29) is 35.9 Å². The molecule has 0 radical (unpaired) electrons. The highest BCUT2D eigenvalue weighted by atomic mass is 35.5. The predicted molar refractivity (Wildman–Crippen MR) is 85.6 cm³/mol. The molecule has 0 aliphatic carbocycles. The lowest BCUT2D eigenvalue weighted by Crippen LogP contribution is -2.47. The minimum atomic E-state index is -2.95. The van der Waals surface area contributed by atoms with Crippen LogP contribution in [-0.2, 0) is 14.6 Å². The molecule has 2 aliphatic rings. The van der Waals surface area contributed by atoms with Crippen molar-refractivity contribution in [3.8, 4) is 0 Å². The van der Waals surface area contributed by atoms with Gasteiger partial charge < -0.3 is 10.2 Å². The van der Waals surface area contributed by atoms with Gasteiger partial charge >= 0.3 is 0 Å². The second kappa shape index (κ2) is 7.76. The van der Waals surface area contributed by atoms with E-state index in [2.05, 4.69) is 10.2 Å². The first-order valence-corrected chi connectivity index (χ1v) is 9.16. The number of likely N-dealkylation sites (N-methyl/N-ethyl adjacent to an activating group) is 2. The van der Waals surface area contributed by atoms with Gasteiger partial charge in [-0.15, -0.1) is 12.4 Å². The van der Waals surface area contributed by atoms with Crippen molar-refractivity contribution in [2.24, 2.45) is 0 Å². The third-order valence-corrected chi connectivity index (χ3v) is 6.10. The van der Waals surface area contributed by atoms with Gasteiger partial charge in [0.2, 0.25) is 5.91 Å². The van der Waals surface area contributed by atoms with Crippen molar-refractivity contribution >= 4 is 28.2 Å². The molecule has 0 saturated carbocycles.